The Morgan fingerprint density at radius 2 is 2.11 bits per heavy atom. The summed E-state index contributed by atoms with van der Waals surface area (Å²) in [6.07, 6.45) is 3.50. The van der Waals surface area contributed by atoms with Crippen LogP contribution >= 0.6 is 0 Å². The maximum absolute atomic E-state index is 12.7. The third-order valence-corrected chi connectivity index (χ3v) is 5.26. The number of anilines is 3. The predicted molar refractivity (Wildman–Crippen MR) is 113 cm³/mol. The average Bonchev–Trinajstić information content (AvgIpc) is 2.75. The van der Waals surface area contributed by atoms with Crippen molar-refractivity contribution < 1.29 is 4.79 Å². The summed E-state index contributed by atoms with van der Waals surface area (Å²) in [5.41, 5.74) is 7.73. The lowest BCUT2D eigenvalue weighted by Crippen LogP contribution is -2.45. The summed E-state index contributed by atoms with van der Waals surface area (Å²) >= 11 is 0. The van der Waals surface area contributed by atoms with Crippen molar-refractivity contribution in [3.8, 4) is 0 Å². The monoisotopic (exact) mass is 382 g/mol. The summed E-state index contributed by atoms with van der Waals surface area (Å²) < 4.78 is 0. The van der Waals surface area contributed by atoms with Gasteiger partial charge in [0.2, 0.25) is 5.91 Å². The summed E-state index contributed by atoms with van der Waals surface area (Å²) in [7, 11) is 0. The van der Waals surface area contributed by atoms with Crippen LogP contribution in [-0.4, -0.2) is 47.0 Å². The van der Waals surface area contributed by atoms with Crippen LogP contribution < -0.4 is 16.0 Å². The minimum Gasteiger partial charge on any atom is -0.356 e. The number of piperidine rings is 1. The Balaban J connectivity index is 1.71. The molecule has 150 valence electrons. The van der Waals surface area contributed by atoms with E-state index in [1.807, 2.05) is 49.1 Å². The molecular weight excluding hydrogens is 352 g/mol. The van der Waals surface area contributed by atoms with Gasteiger partial charge in [-0.05, 0) is 44.4 Å². The fraction of sp³-hybridized carbons (Fsp3) is 0.476. The standard InChI is InChI=1S/C21H30N6O/c1-3-26(4-2)21(28)17-8-6-10-27(14-17)20-12-19(23-15-24-20)25-18-9-5-7-16(11-18)13-22/h5,7,9,11-12,15,17H,3-4,6,8,10,13-14,22H2,1-2H3,(H,23,24,25). The lowest BCUT2D eigenvalue weighted by molar-refractivity contribution is -0.135. The lowest BCUT2D eigenvalue weighted by Gasteiger charge is -2.35. The number of carbonyl (C=O) groups is 1. The van der Waals surface area contributed by atoms with Crippen molar-refractivity contribution in [1.29, 1.82) is 0 Å². The van der Waals surface area contributed by atoms with E-state index in [2.05, 4.69) is 20.2 Å². The van der Waals surface area contributed by atoms with Gasteiger partial charge in [0.25, 0.3) is 0 Å². The number of nitrogens with one attached hydrogen (secondary N) is 1. The molecule has 0 bridgehead atoms. The van der Waals surface area contributed by atoms with E-state index in [1.165, 1.54) is 0 Å². The fourth-order valence-electron chi connectivity index (χ4n) is 3.69. The Bertz CT molecular complexity index is 792. The summed E-state index contributed by atoms with van der Waals surface area (Å²) in [6.45, 7) is 7.69. The summed E-state index contributed by atoms with van der Waals surface area (Å²) in [4.78, 5) is 25.7. The normalized spacial score (nSPS) is 16.7. The third-order valence-electron chi connectivity index (χ3n) is 5.26. The number of hydrogen-bond donors (Lipinski definition) is 2. The minimum atomic E-state index is 0.0289. The minimum absolute atomic E-state index is 0.0289. The highest BCUT2D eigenvalue weighted by Crippen LogP contribution is 2.25. The van der Waals surface area contributed by atoms with Crippen molar-refractivity contribution in [2.75, 3.05) is 36.4 Å². The van der Waals surface area contributed by atoms with Gasteiger partial charge in [0, 0.05) is 44.5 Å². The van der Waals surface area contributed by atoms with Gasteiger partial charge >= 0.3 is 0 Å². The van der Waals surface area contributed by atoms with Gasteiger partial charge in [-0.2, -0.15) is 0 Å². The molecule has 7 nitrogen and oxygen atoms in total. The van der Waals surface area contributed by atoms with Crippen LogP contribution in [0.4, 0.5) is 17.3 Å². The third kappa shape index (κ3) is 4.78. The molecule has 7 heteroatoms. The first-order chi connectivity index (χ1) is 13.6. The van der Waals surface area contributed by atoms with Crippen LogP contribution in [0.25, 0.3) is 0 Å². The highest BCUT2D eigenvalue weighted by atomic mass is 16.2. The zero-order chi connectivity index (χ0) is 19.9. The highest BCUT2D eigenvalue weighted by Gasteiger charge is 2.29. The molecule has 1 fully saturated rings. The van der Waals surface area contributed by atoms with Gasteiger partial charge in [0.05, 0.1) is 5.92 Å². The Labute approximate surface area is 167 Å². The van der Waals surface area contributed by atoms with Gasteiger partial charge in [-0.15, -0.1) is 0 Å². The first-order valence-electron chi connectivity index (χ1n) is 10.1. The van der Waals surface area contributed by atoms with Crippen molar-refractivity contribution in [2.24, 2.45) is 11.7 Å². The van der Waals surface area contributed by atoms with Gasteiger partial charge < -0.3 is 20.9 Å². The van der Waals surface area contributed by atoms with Gasteiger partial charge in [-0.3, -0.25) is 4.79 Å². The number of rotatable bonds is 7. The van der Waals surface area contributed by atoms with Gasteiger partial charge in [0.15, 0.2) is 0 Å². The van der Waals surface area contributed by atoms with E-state index in [1.54, 1.807) is 6.33 Å². The van der Waals surface area contributed by atoms with Crippen molar-refractivity contribution in [3.63, 3.8) is 0 Å². The zero-order valence-electron chi connectivity index (χ0n) is 16.8. The maximum atomic E-state index is 12.7. The topological polar surface area (TPSA) is 87.4 Å². The number of benzene rings is 1. The van der Waals surface area contributed by atoms with Crippen molar-refractivity contribution >= 4 is 23.2 Å². The fourth-order valence-corrected chi connectivity index (χ4v) is 3.69. The molecule has 3 rings (SSSR count). The molecule has 1 atom stereocenters. The molecule has 3 N–H and O–H groups in total. The molecule has 1 saturated heterocycles. The number of hydrogen-bond acceptors (Lipinski definition) is 6. The Morgan fingerprint density at radius 1 is 1.29 bits per heavy atom. The van der Waals surface area contributed by atoms with Crippen LogP contribution in [-0.2, 0) is 11.3 Å². The molecule has 2 heterocycles. The van der Waals surface area contributed by atoms with Crippen LogP contribution in [0.3, 0.4) is 0 Å². The van der Waals surface area contributed by atoms with Gasteiger partial charge in [0.1, 0.15) is 18.0 Å². The molecule has 1 unspecified atom stereocenters. The van der Waals surface area contributed by atoms with Crippen molar-refractivity contribution in [1.82, 2.24) is 14.9 Å². The maximum Gasteiger partial charge on any atom is 0.227 e. The van der Waals surface area contributed by atoms with E-state index >= 15 is 0 Å². The smallest absolute Gasteiger partial charge is 0.227 e. The molecule has 0 radical (unpaired) electrons. The second-order valence-corrected chi connectivity index (χ2v) is 7.09. The first-order valence-corrected chi connectivity index (χ1v) is 10.1. The Morgan fingerprint density at radius 3 is 2.86 bits per heavy atom. The van der Waals surface area contributed by atoms with Crippen LogP contribution in [0, 0.1) is 5.92 Å². The SMILES string of the molecule is CCN(CC)C(=O)C1CCCN(c2cc(Nc3cccc(CN)c3)ncn2)C1. The molecule has 1 aromatic carbocycles. The molecule has 28 heavy (non-hydrogen) atoms. The Kier molecular flexibility index (Phi) is 6.81. The molecule has 2 aromatic rings. The van der Waals surface area contributed by atoms with Gasteiger partial charge in [-0.25, -0.2) is 9.97 Å². The first kappa shape index (κ1) is 20.1. The quantitative estimate of drug-likeness (QED) is 0.766. The molecule has 1 aromatic heterocycles. The van der Waals surface area contributed by atoms with Crippen molar-refractivity contribution in [2.45, 2.75) is 33.2 Å². The van der Waals surface area contributed by atoms with Crippen LogP contribution in [0.2, 0.25) is 0 Å². The van der Waals surface area contributed by atoms with E-state index in [4.69, 9.17) is 5.73 Å². The second kappa shape index (κ2) is 9.50. The van der Waals surface area contributed by atoms with E-state index < -0.39 is 0 Å². The second-order valence-electron chi connectivity index (χ2n) is 7.09. The summed E-state index contributed by atoms with van der Waals surface area (Å²) in [5, 5.41) is 3.32. The van der Waals surface area contributed by atoms with E-state index in [9.17, 15) is 4.79 Å². The number of amides is 1. The molecule has 0 saturated carbocycles. The lowest BCUT2D eigenvalue weighted by atomic mass is 9.96. The number of nitrogens with zero attached hydrogens (tertiary/aromatic N) is 4. The number of nitrogens with two attached hydrogens (primary N) is 1. The molecule has 0 spiro atoms. The number of aromatic nitrogens is 2. The van der Waals surface area contributed by atoms with Gasteiger partial charge in [-0.1, -0.05) is 12.1 Å². The van der Waals surface area contributed by atoms with E-state index in [0.29, 0.717) is 13.1 Å². The average molecular weight is 383 g/mol. The zero-order valence-corrected chi connectivity index (χ0v) is 16.8. The van der Waals surface area contributed by atoms with E-state index in [-0.39, 0.29) is 11.8 Å². The van der Waals surface area contributed by atoms with Crippen LogP contribution in [0.15, 0.2) is 36.7 Å². The van der Waals surface area contributed by atoms with E-state index in [0.717, 1.165) is 55.4 Å². The van der Waals surface area contributed by atoms with Crippen LogP contribution in [0.1, 0.15) is 32.3 Å². The molecule has 0 aliphatic carbocycles. The predicted octanol–water partition coefficient (Wildman–Crippen LogP) is 2.76. The summed E-state index contributed by atoms with van der Waals surface area (Å²) in [5.74, 6) is 1.86. The largest absolute Gasteiger partial charge is 0.356 e. The van der Waals surface area contributed by atoms with Crippen molar-refractivity contribution in [3.05, 3.63) is 42.2 Å². The molecule has 1 aliphatic rings. The highest BCUT2D eigenvalue weighted by molar-refractivity contribution is 5.79. The molecular formula is C21H30N6O. The number of carbonyl (C=O) groups excluding carboxylic acids is 1. The Hall–Kier alpha value is -2.67. The summed E-state index contributed by atoms with van der Waals surface area (Å²) in [6, 6.07) is 9.92. The van der Waals surface area contributed by atoms with Crippen LogP contribution in [0.5, 0.6) is 0 Å². The molecule has 1 amide bonds. The molecule has 1 aliphatic heterocycles.